The average molecular weight is 408 g/mol. The summed E-state index contributed by atoms with van der Waals surface area (Å²) in [6.07, 6.45) is 3.45. The van der Waals surface area contributed by atoms with Gasteiger partial charge in [-0.2, -0.15) is 0 Å². The SMILES string of the molecule is O=C(Nc1cccc(Cl)c1)c1ccc(N2CCN(Cc3ccccn3)CC2)nc1. The van der Waals surface area contributed by atoms with Crippen molar-refractivity contribution in [2.45, 2.75) is 6.54 Å². The third kappa shape index (κ3) is 5.10. The highest BCUT2D eigenvalue weighted by Crippen LogP contribution is 2.18. The lowest BCUT2D eigenvalue weighted by Gasteiger charge is -2.35. The number of carbonyl (C=O) groups is 1. The highest BCUT2D eigenvalue weighted by atomic mass is 35.5. The van der Waals surface area contributed by atoms with Gasteiger partial charge in [0.25, 0.3) is 5.91 Å². The molecule has 29 heavy (non-hydrogen) atoms. The van der Waals surface area contributed by atoms with Gasteiger partial charge in [-0.05, 0) is 42.5 Å². The Morgan fingerprint density at radius 1 is 1.00 bits per heavy atom. The first-order chi connectivity index (χ1) is 14.2. The van der Waals surface area contributed by atoms with E-state index in [1.165, 1.54) is 0 Å². The Kier molecular flexibility index (Phi) is 6.03. The van der Waals surface area contributed by atoms with Gasteiger partial charge < -0.3 is 10.2 Å². The van der Waals surface area contributed by atoms with Gasteiger partial charge in [-0.3, -0.25) is 14.7 Å². The molecular formula is C22H22ClN5O. The van der Waals surface area contributed by atoms with Crippen LogP contribution in [-0.2, 0) is 6.54 Å². The number of halogens is 1. The number of nitrogens with one attached hydrogen (secondary N) is 1. The van der Waals surface area contributed by atoms with E-state index in [1.807, 2.05) is 30.5 Å². The van der Waals surface area contributed by atoms with Crippen molar-refractivity contribution in [1.82, 2.24) is 14.9 Å². The number of piperazine rings is 1. The van der Waals surface area contributed by atoms with Crippen LogP contribution in [0.25, 0.3) is 0 Å². The first-order valence-corrected chi connectivity index (χ1v) is 9.95. The molecule has 1 aliphatic heterocycles. The highest BCUT2D eigenvalue weighted by Gasteiger charge is 2.19. The van der Waals surface area contributed by atoms with E-state index in [9.17, 15) is 4.79 Å². The zero-order valence-corrected chi connectivity index (χ0v) is 16.7. The van der Waals surface area contributed by atoms with Crippen LogP contribution >= 0.6 is 11.6 Å². The molecule has 1 N–H and O–H groups in total. The van der Waals surface area contributed by atoms with E-state index >= 15 is 0 Å². The summed E-state index contributed by atoms with van der Waals surface area (Å²) >= 11 is 5.96. The number of rotatable bonds is 5. The van der Waals surface area contributed by atoms with Gasteiger partial charge >= 0.3 is 0 Å². The maximum absolute atomic E-state index is 12.4. The second-order valence-electron chi connectivity index (χ2n) is 6.95. The van der Waals surface area contributed by atoms with Crippen molar-refractivity contribution in [1.29, 1.82) is 0 Å². The van der Waals surface area contributed by atoms with Gasteiger partial charge in [0.2, 0.25) is 0 Å². The Hall–Kier alpha value is -2.96. The summed E-state index contributed by atoms with van der Waals surface area (Å²) in [7, 11) is 0. The summed E-state index contributed by atoms with van der Waals surface area (Å²) < 4.78 is 0. The molecule has 0 unspecified atom stereocenters. The second-order valence-corrected chi connectivity index (χ2v) is 7.39. The van der Waals surface area contributed by atoms with Crippen molar-refractivity contribution in [3.05, 3.63) is 83.3 Å². The molecule has 1 amide bonds. The van der Waals surface area contributed by atoms with Crippen molar-refractivity contribution in [3.63, 3.8) is 0 Å². The van der Waals surface area contributed by atoms with Crippen LogP contribution in [0.2, 0.25) is 5.02 Å². The fraction of sp³-hybridized carbons (Fsp3) is 0.227. The van der Waals surface area contributed by atoms with Crippen LogP contribution in [0.4, 0.5) is 11.5 Å². The lowest BCUT2D eigenvalue weighted by molar-refractivity contribution is 0.102. The quantitative estimate of drug-likeness (QED) is 0.698. The van der Waals surface area contributed by atoms with Crippen molar-refractivity contribution < 1.29 is 4.79 Å². The molecule has 1 fully saturated rings. The zero-order valence-electron chi connectivity index (χ0n) is 16.0. The van der Waals surface area contributed by atoms with E-state index < -0.39 is 0 Å². The number of pyridine rings is 2. The molecule has 3 heterocycles. The minimum absolute atomic E-state index is 0.202. The smallest absolute Gasteiger partial charge is 0.257 e. The number of anilines is 2. The molecule has 3 aromatic rings. The van der Waals surface area contributed by atoms with Gasteiger partial charge in [-0.25, -0.2) is 4.98 Å². The van der Waals surface area contributed by atoms with Crippen LogP contribution in [0.1, 0.15) is 16.1 Å². The standard InChI is InChI=1S/C22H22ClN5O/c23-18-4-3-6-19(14-18)26-22(29)17-7-8-21(25-15-17)28-12-10-27(11-13-28)16-20-5-1-2-9-24-20/h1-9,14-15H,10-13,16H2,(H,26,29). The van der Waals surface area contributed by atoms with Gasteiger partial charge in [-0.15, -0.1) is 0 Å². The topological polar surface area (TPSA) is 61.4 Å². The number of hydrogen-bond acceptors (Lipinski definition) is 5. The average Bonchev–Trinajstić information content (AvgIpc) is 2.75. The molecule has 0 saturated carbocycles. The molecule has 0 spiro atoms. The van der Waals surface area contributed by atoms with Gasteiger partial charge in [0.15, 0.2) is 0 Å². The van der Waals surface area contributed by atoms with Crippen molar-refractivity contribution in [2.24, 2.45) is 0 Å². The van der Waals surface area contributed by atoms with Crippen LogP contribution in [-0.4, -0.2) is 47.0 Å². The first kappa shape index (κ1) is 19.4. The highest BCUT2D eigenvalue weighted by molar-refractivity contribution is 6.30. The molecule has 2 aromatic heterocycles. The molecule has 4 rings (SSSR count). The molecule has 6 nitrogen and oxygen atoms in total. The number of hydrogen-bond donors (Lipinski definition) is 1. The molecule has 0 radical (unpaired) electrons. The number of amides is 1. The fourth-order valence-corrected chi connectivity index (χ4v) is 3.52. The summed E-state index contributed by atoms with van der Waals surface area (Å²) in [5.74, 6) is 0.688. The summed E-state index contributed by atoms with van der Waals surface area (Å²) in [6.45, 7) is 4.57. The normalized spacial score (nSPS) is 14.6. The number of nitrogens with zero attached hydrogens (tertiary/aromatic N) is 4. The van der Waals surface area contributed by atoms with E-state index in [0.717, 1.165) is 44.2 Å². The van der Waals surface area contributed by atoms with Crippen LogP contribution in [0, 0.1) is 0 Å². The van der Waals surface area contributed by atoms with Crippen LogP contribution in [0.3, 0.4) is 0 Å². The second kappa shape index (κ2) is 9.03. The molecule has 0 atom stereocenters. The number of aromatic nitrogens is 2. The fourth-order valence-electron chi connectivity index (χ4n) is 3.33. The lowest BCUT2D eigenvalue weighted by Crippen LogP contribution is -2.46. The van der Waals surface area contributed by atoms with E-state index in [1.54, 1.807) is 30.5 Å². The van der Waals surface area contributed by atoms with Gasteiger partial charge in [0.1, 0.15) is 5.82 Å². The molecule has 148 valence electrons. The first-order valence-electron chi connectivity index (χ1n) is 9.57. The molecule has 1 aromatic carbocycles. The molecule has 1 aliphatic rings. The van der Waals surface area contributed by atoms with Crippen LogP contribution in [0.15, 0.2) is 67.0 Å². The summed E-state index contributed by atoms with van der Waals surface area (Å²) in [5.41, 5.74) is 2.27. The van der Waals surface area contributed by atoms with Gasteiger partial charge in [-0.1, -0.05) is 23.7 Å². The third-order valence-electron chi connectivity index (χ3n) is 4.90. The monoisotopic (exact) mass is 407 g/mol. The Labute approximate surface area is 175 Å². The minimum Gasteiger partial charge on any atom is -0.354 e. The molecule has 1 saturated heterocycles. The predicted octanol–water partition coefficient (Wildman–Crippen LogP) is 3.70. The maximum Gasteiger partial charge on any atom is 0.257 e. The Bertz CT molecular complexity index is 956. The zero-order chi connectivity index (χ0) is 20.1. The summed E-state index contributed by atoms with van der Waals surface area (Å²) in [6, 6.07) is 16.8. The minimum atomic E-state index is -0.202. The number of carbonyl (C=O) groups excluding carboxylic acids is 1. The van der Waals surface area contributed by atoms with E-state index in [0.29, 0.717) is 16.3 Å². The molecule has 0 bridgehead atoms. The largest absolute Gasteiger partial charge is 0.354 e. The van der Waals surface area contributed by atoms with Gasteiger partial charge in [0.05, 0.1) is 11.3 Å². The van der Waals surface area contributed by atoms with Crippen LogP contribution in [0.5, 0.6) is 0 Å². The number of benzene rings is 1. The van der Waals surface area contributed by atoms with Crippen molar-refractivity contribution in [2.75, 3.05) is 36.4 Å². The van der Waals surface area contributed by atoms with E-state index in [-0.39, 0.29) is 5.91 Å². The van der Waals surface area contributed by atoms with Crippen molar-refractivity contribution >= 4 is 29.0 Å². The Balaban J connectivity index is 1.32. The van der Waals surface area contributed by atoms with E-state index in [2.05, 4.69) is 31.2 Å². The van der Waals surface area contributed by atoms with Crippen molar-refractivity contribution in [3.8, 4) is 0 Å². The van der Waals surface area contributed by atoms with E-state index in [4.69, 9.17) is 11.6 Å². The third-order valence-corrected chi connectivity index (χ3v) is 5.14. The maximum atomic E-state index is 12.4. The van der Waals surface area contributed by atoms with Gasteiger partial charge in [0, 0.05) is 55.8 Å². The summed E-state index contributed by atoms with van der Waals surface area (Å²) in [5, 5.41) is 3.42. The lowest BCUT2D eigenvalue weighted by atomic mass is 10.2. The predicted molar refractivity (Wildman–Crippen MR) is 115 cm³/mol. The Morgan fingerprint density at radius 3 is 2.55 bits per heavy atom. The Morgan fingerprint density at radius 2 is 1.86 bits per heavy atom. The summed E-state index contributed by atoms with van der Waals surface area (Å²) in [4.78, 5) is 25.9. The molecular weight excluding hydrogens is 386 g/mol. The van der Waals surface area contributed by atoms with Crippen LogP contribution < -0.4 is 10.2 Å². The molecule has 7 heteroatoms. The molecule has 0 aliphatic carbocycles.